The molecule has 0 fully saturated rings. The first-order valence-corrected chi connectivity index (χ1v) is 9.93. The molecule has 0 unspecified atom stereocenters. The van der Waals surface area contributed by atoms with Crippen molar-refractivity contribution in [1.29, 1.82) is 10.5 Å². The minimum Gasteiger partial charge on any atom is -0.443 e. The van der Waals surface area contributed by atoms with Gasteiger partial charge >= 0.3 is 6.18 Å². The van der Waals surface area contributed by atoms with Crippen LogP contribution in [0.15, 0.2) is 28.7 Å². The van der Waals surface area contributed by atoms with Gasteiger partial charge in [-0.25, -0.2) is 4.98 Å². The van der Waals surface area contributed by atoms with Gasteiger partial charge in [0.15, 0.2) is 0 Å². The second kappa shape index (κ2) is 7.72. The van der Waals surface area contributed by atoms with Crippen LogP contribution in [0, 0.1) is 50.4 Å². The largest absolute Gasteiger partial charge is 0.443 e. The molecule has 0 saturated carbocycles. The molecule has 9 heteroatoms. The Morgan fingerprint density at radius 2 is 1.88 bits per heavy atom. The Morgan fingerprint density at radius 3 is 2.52 bits per heavy atom. The Kier molecular flexibility index (Phi) is 5.14. The van der Waals surface area contributed by atoms with E-state index < -0.39 is 11.7 Å². The van der Waals surface area contributed by atoms with Crippen LogP contribution in [0.4, 0.5) is 13.2 Å². The standard InChI is InChI=1S/C24H18F3N5O/c1-12-7-16(14(3)32(12)23-19(11-29)13(2)15(4)33-23)8-17(10-28)22-30-20-6-5-18(24(25,26)27)9-21(20)31-22/h5-9H,1-4H3,(H,30,31). The van der Waals surface area contributed by atoms with Crippen molar-refractivity contribution < 1.29 is 17.6 Å². The van der Waals surface area contributed by atoms with E-state index in [1.165, 1.54) is 6.07 Å². The molecule has 0 spiro atoms. The zero-order valence-electron chi connectivity index (χ0n) is 18.2. The molecule has 0 radical (unpaired) electrons. The van der Waals surface area contributed by atoms with Gasteiger partial charge in [-0.2, -0.15) is 23.7 Å². The highest BCUT2D eigenvalue weighted by Crippen LogP contribution is 2.32. The number of aromatic nitrogens is 3. The number of rotatable bonds is 3. The number of nitriles is 2. The van der Waals surface area contributed by atoms with E-state index in [0.29, 0.717) is 28.3 Å². The molecule has 1 N–H and O–H groups in total. The molecule has 0 saturated heterocycles. The summed E-state index contributed by atoms with van der Waals surface area (Å²) in [5, 5.41) is 19.3. The van der Waals surface area contributed by atoms with Crippen molar-refractivity contribution in [3.05, 3.63) is 69.5 Å². The van der Waals surface area contributed by atoms with E-state index >= 15 is 0 Å². The number of aryl methyl sites for hydroxylation is 2. The lowest BCUT2D eigenvalue weighted by atomic mass is 10.1. The van der Waals surface area contributed by atoms with Crippen molar-refractivity contribution in [2.24, 2.45) is 0 Å². The van der Waals surface area contributed by atoms with Crippen molar-refractivity contribution in [3.63, 3.8) is 0 Å². The predicted molar refractivity (Wildman–Crippen MR) is 116 cm³/mol. The number of H-pyrrole nitrogens is 1. The molecule has 0 bridgehead atoms. The van der Waals surface area contributed by atoms with Gasteiger partial charge in [0.2, 0.25) is 5.88 Å². The molecule has 4 aromatic rings. The molecule has 0 atom stereocenters. The van der Waals surface area contributed by atoms with Gasteiger partial charge < -0.3 is 9.40 Å². The van der Waals surface area contributed by atoms with Gasteiger partial charge in [-0.3, -0.25) is 4.57 Å². The summed E-state index contributed by atoms with van der Waals surface area (Å²) < 4.78 is 46.7. The number of nitrogens with one attached hydrogen (secondary N) is 1. The van der Waals surface area contributed by atoms with Crippen LogP contribution < -0.4 is 0 Å². The molecule has 0 amide bonds. The molecule has 3 aromatic heterocycles. The van der Waals surface area contributed by atoms with Crippen molar-refractivity contribution in [2.45, 2.75) is 33.9 Å². The fraction of sp³-hybridized carbons (Fsp3) is 0.208. The summed E-state index contributed by atoms with van der Waals surface area (Å²) in [6, 6.07) is 9.27. The number of halogens is 3. The molecular formula is C24H18F3N5O. The number of allylic oxidation sites excluding steroid dienone is 1. The van der Waals surface area contributed by atoms with Gasteiger partial charge in [-0.1, -0.05) is 0 Å². The number of imidazole rings is 1. The van der Waals surface area contributed by atoms with Crippen LogP contribution >= 0.6 is 0 Å². The number of benzene rings is 1. The number of furan rings is 1. The minimum atomic E-state index is -4.48. The lowest BCUT2D eigenvalue weighted by molar-refractivity contribution is -0.137. The summed E-state index contributed by atoms with van der Waals surface area (Å²) >= 11 is 0. The Balaban J connectivity index is 1.81. The van der Waals surface area contributed by atoms with E-state index in [2.05, 4.69) is 22.1 Å². The lowest BCUT2D eigenvalue weighted by Crippen LogP contribution is -2.04. The fourth-order valence-corrected chi connectivity index (χ4v) is 3.77. The predicted octanol–water partition coefficient (Wildman–Crippen LogP) is 6.13. The zero-order valence-corrected chi connectivity index (χ0v) is 18.2. The van der Waals surface area contributed by atoms with Crippen molar-refractivity contribution in [1.82, 2.24) is 14.5 Å². The van der Waals surface area contributed by atoms with Gasteiger partial charge in [0.1, 0.15) is 29.3 Å². The molecule has 0 aliphatic heterocycles. The van der Waals surface area contributed by atoms with Gasteiger partial charge in [-0.05, 0) is 63.6 Å². The molecule has 3 heterocycles. The maximum atomic E-state index is 13.0. The van der Waals surface area contributed by atoms with E-state index in [1.807, 2.05) is 26.8 Å². The molecule has 1 aromatic carbocycles. The van der Waals surface area contributed by atoms with E-state index in [9.17, 15) is 23.7 Å². The van der Waals surface area contributed by atoms with Gasteiger partial charge in [-0.15, -0.1) is 0 Å². The first-order chi connectivity index (χ1) is 15.5. The van der Waals surface area contributed by atoms with Crippen molar-refractivity contribution in [3.8, 4) is 18.0 Å². The van der Waals surface area contributed by atoms with Crippen molar-refractivity contribution >= 4 is 22.7 Å². The summed E-state index contributed by atoms with van der Waals surface area (Å²) in [4.78, 5) is 7.09. The summed E-state index contributed by atoms with van der Waals surface area (Å²) in [5.74, 6) is 1.22. The molecule has 4 rings (SSSR count). The monoisotopic (exact) mass is 449 g/mol. The highest BCUT2D eigenvalue weighted by molar-refractivity contribution is 5.91. The third-order valence-corrected chi connectivity index (χ3v) is 5.64. The second-order valence-corrected chi connectivity index (χ2v) is 7.72. The summed E-state index contributed by atoms with van der Waals surface area (Å²) in [6.45, 7) is 7.28. The number of fused-ring (bicyclic) bond motifs is 1. The van der Waals surface area contributed by atoms with Crippen molar-refractivity contribution in [2.75, 3.05) is 0 Å². The highest BCUT2D eigenvalue weighted by atomic mass is 19.4. The van der Waals surface area contributed by atoms with E-state index in [1.54, 1.807) is 17.6 Å². The normalized spacial score (nSPS) is 12.2. The third-order valence-electron chi connectivity index (χ3n) is 5.64. The molecule has 166 valence electrons. The summed E-state index contributed by atoms with van der Waals surface area (Å²) in [5.41, 5.74) is 3.29. The van der Waals surface area contributed by atoms with Crippen LogP contribution in [0.5, 0.6) is 0 Å². The van der Waals surface area contributed by atoms with Crippen LogP contribution in [-0.2, 0) is 6.18 Å². The van der Waals surface area contributed by atoms with Crippen LogP contribution in [0.1, 0.15) is 45.2 Å². The first kappa shape index (κ1) is 22.0. The number of hydrogen-bond acceptors (Lipinski definition) is 4. The highest BCUT2D eigenvalue weighted by Gasteiger charge is 2.30. The van der Waals surface area contributed by atoms with E-state index in [4.69, 9.17) is 4.42 Å². The minimum absolute atomic E-state index is 0.160. The van der Waals surface area contributed by atoms with Crippen LogP contribution in [0.3, 0.4) is 0 Å². The van der Waals surface area contributed by atoms with Gasteiger partial charge in [0.05, 0.1) is 22.2 Å². The van der Waals surface area contributed by atoms with Crippen LogP contribution in [0.25, 0.3) is 28.6 Å². The van der Waals surface area contributed by atoms with Crippen LogP contribution in [0.2, 0.25) is 0 Å². The molecule has 0 aliphatic rings. The zero-order chi connectivity index (χ0) is 24.1. The maximum Gasteiger partial charge on any atom is 0.416 e. The SMILES string of the molecule is Cc1oc(-n2c(C)cc(C=C(C#N)c3nc4ccc(C(F)(F)F)cc4[nH]3)c2C)c(C#N)c1C. The van der Waals surface area contributed by atoms with E-state index in [-0.39, 0.29) is 16.9 Å². The molecule has 0 aliphatic carbocycles. The van der Waals surface area contributed by atoms with Gasteiger partial charge in [0.25, 0.3) is 0 Å². The molecule has 6 nitrogen and oxygen atoms in total. The molecule has 33 heavy (non-hydrogen) atoms. The summed E-state index contributed by atoms with van der Waals surface area (Å²) in [7, 11) is 0. The average Bonchev–Trinajstić information content (AvgIpc) is 3.38. The average molecular weight is 449 g/mol. The van der Waals surface area contributed by atoms with Crippen LogP contribution in [-0.4, -0.2) is 14.5 Å². The maximum absolute atomic E-state index is 13.0. The first-order valence-electron chi connectivity index (χ1n) is 9.93. The number of alkyl halides is 3. The Labute approximate surface area is 187 Å². The lowest BCUT2D eigenvalue weighted by Gasteiger charge is -2.06. The smallest absolute Gasteiger partial charge is 0.416 e. The topological polar surface area (TPSA) is 94.3 Å². The number of hydrogen-bond donors (Lipinski definition) is 1. The Hall–Kier alpha value is -4.24. The summed E-state index contributed by atoms with van der Waals surface area (Å²) in [6.07, 6.45) is -2.87. The quantitative estimate of drug-likeness (QED) is 0.380. The fourth-order valence-electron chi connectivity index (χ4n) is 3.77. The third kappa shape index (κ3) is 3.68. The number of nitrogens with zero attached hydrogens (tertiary/aromatic N) is 4. The molecular weight excluding hydrogens is 431 g/mol. The van der Waals surface area contributed by atoms with E-state index in [0.717, 1.165) is 29.1 Å². The number of aromatic amines is 1. The van der Waals surface area contributed by atoms with Gasteiger partial charge in [0, 0.05) is 17.0 Å². The Bertz CT molecular complexity index is 1520. The second-order valence-electron chi connectivity index (χ2n) is 7.72. The Morgan fingerprint density at radius 1 is 1.15 bits per heavy atom.